The fraction of sp³-hybridized carbons (Fsp3) is 0.450. The number of amides is 2. The van der Waals surface area contributed by atoms with Crippen molar-refractivity contribution in [1.82, 2.24) is 10.3 Å². The van der Waals surface area contributed by atoms with Gasteiger partial charge in [-0.2, -0.15) is 0 Å². The molecule has 1 aliphatic rings. The third kappa shape index (κ3) is 3.85. The van der Waals surface area contributed by atoms with Gasteiger partial charge in [-0.1, -0.05) is 6.92 Å². The number of rotatable bonds is 7. The smallest absolute Gasteiger partial charge is 0.258 e. The molecule has 2 heterocycles. The van der Waals surface area contributed by atoms with E-state index in [4.69, 9.17) is 15.2 Å². The van der Waals surface area contributed by atoms with Gasteiger partial charge < -0.3 is 20.5 Å². The summed E-state index contributed by atoms with van der Waals surface area (Å²) in [7, 11) is 0. The molecular weight excluding hydrogens is 365 g/mol. The van der Waals surface area contributed by atoms with Crippen LogP contribution < -0.4 is 20.5 Å². The SMILES string of the molecule is CC[C@@]1(F)C[C@@H](COc2nccc3cc(C(N)=O)c(OC(C)C)cc23)NC1=O. The first-order chi connectivity index (χ1) is 13.2. The van der Waals surface area contributed by atoms with Gasteiger partial charge in [-0.15, -0.1) is 0 Å². The van der Waals surface area contributed by atoms with Crippen molar-refractivity contribution in [3.63, 3.8) is 0 Å². The number of nitrogens with two attached hydrogens (primary N) is 1. The maximum atomic E-state index is 14.4. The first-order valence-corrected chi connectivity index (χ1v) is 9.25. The summed E-state index contributed by atoms with van der Waals surface area (Å²) >= 11 is 0. The molecule has 1 fully saturated rings. The van der Waals surface area contributed by atoms with Crippen LogP contribution in [0.2, 0.25) is 0 Å². The normalized spacial score (nSPS) is 21.8. The molecule has 0 unspecified atom stereocenters. The molecule has 1 saturated heterocycles. The van der Waals surface area contributed by atoms with Crippen LogP contribution in [0.4, 0.5) is 4.39 Å². The fourth-order valence-electron chi connectivity index (χ4n) is 3.27. The quantitative estimate of drug-likeness (QED) is 0.757. The van der Waals surface area contributed by atoms with Crippen LogP contribution in [0.5, 0.6) is 11.6 Å². The average Bonchev–Trinajstić information content (AvgIpc) is 2.93. The standard InChI is InChI=1S/C20H24FN3O4/c1-4-20(21)9-13(24-19(20)26)10-27-18-14-8-16(28-11(2)3)15(17(22)25)7-12(14)5-6-23-18/h5-8,11,13H,4,9-10H2,1-3H3,(H2,22,25)(H,24,26)/t13-,20+/m0/s1. The van der Waals surface area contributed by atoms with E-state index < -0.39 is 23.5 Å². The number of carbonyl (C=O) groups is 2. The first kappa shape index (κ1) is 19.9. The highest BCUT2D eigenvalue weighted by molar-refractivity contribution is 6.01. The maximum absolute atomic E-state index is 14.4. The Morgan fingerprint density at radius 1 is 1.46 bits per heavy atom. The summed E-state index contributed by atoms with van der Waals surface area (Å²) in [4.78, 5) is 27.8. The van der Waals surface area contributed by atoms with Crippen molar-refractivity contribution < 1.29 is 23.5 Å². The molecule has 1 aromatic heterocycles. The molecule has 0 spiro atoms. The number of aromatic nitrogens is 1. The van der Waals surface area contributed by atoms with Crippen molar-refractivity contribution >= 4 is 22.6 Å². The lowest BCUT2D eigenvalue weighted by molar-refractivity contribution is -0.129. The summed E-state index contributed by atoms with van der Waals surface area (Å²) in [5, 5.41) is 3.96. The number of hydrogen-bond donors (Lipinski definition) is 2. The van der Waals surface area contributed by atoms with Crippen LogP contribution in [0.15, 0.2) is 24.4 Å². The molecule has 8 heteroatoms. The topological polar surface area (TPSA) is 104 Å². The Morgan fingerprint density at radius 3 is 2.82 bits per heavy atom. The van der Waals surface area contributed by atoms with Crippen molar-refractivity contribution in [1.29, 1.82) is 0 Å². The van der Waals surface area contributed by atoms with Crippen molar-refractivity contribution in [2.45, 2.75) is 51.4 Å². The van der Waals surface area contributed by atoms with E-state index in [1.54, 1.807) is 31.3 Å². The second kappa shape index (κ2) is 7.61. The van der Waals surface area contributed by atoms with Crippen LogP contribution in [0.25, 0.3) is 10.8 Å². The summed E-state index contributed by atoms with van der Waals surface area (Å²) in [5.41, 5.74) is 3.89. The van der Waals surface area contributed by atoms with E-state index in [0.717, 1.165) is 0 Å². The van der Waals surface area contributed by atoms with E-state index in [2.05, 4.69) is 10.3 Å². The summed E-state index contributed by atoms with van der Waals surface area (Å²) in [5.74, 6) is -0.544. The van der Waals surface area contributed by atoms with Crippen molar-refractivity contribution in [3.05, 3.63) is 30.0 Å². The number of nitrogens with one attached hydrogen (secondary N) is 1. The van der Waals surface area contributed by atoms with Gasteiger partial charge >= 0.3 is 0 Å². The lowest BCUT2D eigenvalue weighted by Gasteiger charge is -2.16. The van der Waals surface area contributed by atoms with Crippen LogP contribution in [0.1, 0.15) is 44.0 Å². The highest BCUT2D eigenvalue weighted by Crippen LogP contribution is 2.32. The minimum atomic E-state index is -1.85. The zero-order valence-corrected chi connectivity index (χ0v) is 16.1. The second-order valence-corrected chi connectivity index (χ2v) is 7.22. The molecule has 2 amide bonds. The fourth-order valence-corrected chi connectivity index (χ4v) is 3.27. The summed E-state index contributed by atoms with van der Waals surface area (Å²) in [6, 6.07) is 4.58. The average molecular weight is 389 g/mol. The zero-order chi connectivity index (χ0) is 20.5. The molecule has 28 heavy (non-hydrogen) atoms. The maximum Gasteiger partial charge on any atom is 0.258 e. The number of halogens is 1. The number of benzene rings is 1. The number of hydrogen-bond acceptors (Lipinski definition) is 5. The van der Waals surface area contributed by atoms with Crippen LogP contribution in [-0.2, 0) is 4.79 Å². The van der Waals surface area contributed by atoms with Crippen LogP contribution in [0.3, 0.4) is 0 Å². The molecule has 1 aliphatic heterocycles. The van der Waals surface area contributed by atoms with Crippen LogP contribution in [0, 0.1) is 0 Å². The van der Waals surface area contributed by atoms with Gasteiger partial charge in [-0.05, 0) is 43.9 Å². The second-order valence-electron chi connectivity index (χ2n) is 7.22. The molecule has 2 aromatic rings. The van der Waals surface area contributed by atoms with Gasteiger partial charge in [0.15, 0.2) is 5.67 Å². The molecule has 2 atom stereocenters. The number of pyridine rings is 1. The number of carbonyl (C=O) groups excluding carboxylic acids is 2. The van der Waals surface area contributed by atoms with E-state index in [1.165, 1.54) is 0 Å². The molecule has 150 valence electrons. The molecule has 0 aliphatic carbocycles. The van der Waals surface area contributed by atoms with Crippen LogP contribution in [-0.4, -0.2) is 41.2 Å². The largest absolute Gasteiger partial charge is 0.490 e. The first-order valence-electron chi connectivity index (χ1n) is 9.25. The van der Waals surface area contributed by atoms with Gasteiger partial charge in [-0.25, -0.2) is 9.37 Å². The molecule has 0 bridgehead atoms. The molecule has 1 aromatic carbocycles. The highest BCUT2D eigenvalue weighted by atomic mass is 19.1. The third-order valence-corrected chi connectivity index (χ3v) is 4.75. The van der Waals surface area contributed by atoms with E-state index in [9.17, 15) is 14.0 Å². The number of nitrogens with zero attached hydrogens (tertiary/aromatic N) is 1. The highest BCUT2D eigenvalue weighted by Gasteiger charge is 2.46. The molecule has 0 radical (unpaired) electrons. The minimum Gasteiger partial charge on any atom is -0.490 e. The Morgan fingerprint density at radius 2 is 2.21 bits per heavy atom. The van der Waals surface area contributed by atoms with E-state index in [1.807, 2.05) is 13.8 Å². The van der Waals surface area contributed by atoms with E-state index in [0.29, 0.717) is 22.4 Å². The van der Waals surface area contributed by atoms with Gasteiger partial charge in [0.25, 0.3) is 11.8 Å². The van der Waals surface area contributed by atoms with Gasteiger partial charge in [0.05, 0.1) is 17.7 Å². The number of ether oxygens (including phenoxy) is 2. The Hall–Kier alpha value is -2.90. The van der Waals surface area contributed by atoms with Crippen molar-refractivity contribution in [2.24, 2.45) is 5.73 Å². The van der Waals surface area contributed by atoms with Gasteiger partial charge in [-0.3, -0.25) is 9.59 Å². The summed E-state index contributed by atoms with van der Waals surface area (Å²) < 4.78 is 25.9. The van der Waals surface area contributed by atoms with Gasteiger partial charge in [0, 0.05) is 18.0 Å². The Bertz CT molecular complexity index is 918. The predicted octanol–water partition coefficient (Wildman–Crippen LogP) is 2.51. The number of fused-ring (bicyclic) bond motifs is 1. The molecule has 0 saturated carbocycles. The van der Waals surface area contributed by atoms with Crippen LogP contribution >= 0.6 is 0 Å². The lowest BCUT2D eigenvalue weighted by Crippen LogP contribution is -2.34. The zero-order valence-electron chi connectivity index (χ0n) is 16.1. The lowest BCUT2D eigenvalue weighted by atomic mass is 9.99. The van der Waals surface area contributed by atoms with Gasteiger partial charge in [0.1, 0.15) is 12.4 Å². The Labute approximate surface area is 162 Å². The Balaban J connectivity index is 1.87. The minimum absolute atomic E-state index is 0.0562. The number of primary amides is 1. The molecule has 3 rings (SSSR count). The molecular formula is C20H24FN3O4. The van der Waals surface area contributed by atoms with Crippen molar-refractivity contribution in [2.75, 3.05) is 6.61 Å². The molecule has 3 N–H and O–H groups in total. The van der Waals surface area contributed by atoms with Gasteiger partial charge in [0.2, 0.25) is 5.88 Å². The van der Waals surface area contributed by atoms with Crippen molar-refractivity contribution in [3.8, 4) is 11.6 Å². The summed E-state index contributed by atoms with van der Waals surface area (Å²) in [6.07, 6.45) is 1.57. The van der Waals surface area contributed by atoms with E-state index >= 15 is 0 Å². The number of alkyl halides is 1. The Kier molecular flexibility index (Phi) is 5.40. The predicted molar refractivity (Wildman–Crippen MR) is 102 cm³/mol. The van der Waals surface area contributed by atoms with E-state index in [-0.39, 0.29) is 31.1 Å². The summed E-state index contributed by atoms with van der Waals surface area (Å²) in [6.45, 7) is 5.41. The third-order valence-electron chi connectivity index (χ3n) is 4.75. The molecule has 7 nitrogen and oxygen atoms in total. The monoisotopic (exact) mass is 389 g/mol.